The van der Waals surface area contributed by atoms with Gasteiger partial charge in [0.05, 0.1) is 10.6 Å². The number of aryl methyl sites for hydroxylation is 1. The molecule has 0 atom stereocenters. The van der Waals surface area contributed by atoms with Crippen LogP contribution in [0.4, 0.5) is 28.8 Å². The third-order valence-electron chi connectivity index (χ3n) is 5.07. The van der Waals surface area contributed by atoms with E-state index < -0.39 is 0 Å². The van der Waals surface area contributed by atoms with Crippen molar-refractivity contribution in [3.8, 4) is 0 Å². The lowest BCUT2D eigenvalue weighted by atomic mass is 10.1. The van der Waals surface area contributed by atoms with Crippen LogP contribution in [0.15, 0.2) is 58.1 Å². The van der Waals surface area contributed by atoms with Crippen molar-refractivity contribution >= 4 is 44.8 Å². The van der Waals surface area contributed by atoms with Gasteiger partial charge >= 0.3 is 0 Å². The quantitative estimate of drug-likeness (QED) is 0.525. The van der Waals surface area contributed by atoms with Gasteiger partial charge in [-0.3, -0.25) is 4.79 Å². The van der Waals surface area contributed by atoms with Gasteiger partial charge in [-0.15, -0.1) is 0 Å². The Labute approximate surface area is 182 Å². The minimum absolute atomic E-state index is 0.140. The molecule has 156 valence electrons. The number of aliphatic hydroxyl groups excluding tert-OH is 1. The number of anilines is 5. The van der Waals surface area contributed by atoms with Crippen LogP contribution in [-0.2, 0) is 7.05 Å². The molecule has 9 heteroatoms. The summed E-state index contributed by atoms with van der Waals surface area (Å²) < 4.78 is 2.16. The fourth-order valence-corrected chi connectivity index (χ4v) is 3.63. The number of piperidine rings is 1. The van der Waals surface area contributed by atoms with Crippen molar-refractivity contribution in [1.82, 2.24) is 14.5 Å². The SMILES string of the molecule is Cn1cccc(Nc2nc(Nc3ccc(N4CCC(O)CC4)cc3)ncc2Br)c1=O. The number of hydrogen-bond donors (Lipinski definition) is 3. The highest BCUT2D eigenvalue weighted by Gasteiger charge is 2.17. The molecule has 3 N–H and O–H groups in total. The van der Waals surface area contributed by atoms with Crippen molar-refractivity contribution in [2.45, 2.75) is 18.9 Å². The molecule has 1 aliphatic rings. The number of nitrogens with one attached hydrogen (secondary N) is 2. The van der Waals surface area contributed by atoms with Gasteiger partial charge in [-0.2, -0.15) is 4.98 Å². The maximum absolute atomic E-state index is 12.2. The molecule has 1 saturated heterocycles. The van der Waals surface area contributed by atoms with Crippen molar-refractivity contribution in [2.24, 2.45) is 7.05 Å². The van der Waals surface area contributed by atoms with Gasteiger partial charge in [-0.1, -0.05) is 0 Å². The van der Waals surface area contributed by atoms with Crippen LogP contribution < -0.4 is 21.1 Å². The molecule has 0 radical (unpaired) electrons. The lowest BCUT2D eigenvalue weighted by molar-refractivity contribution is 0.145. The van der Waals surface area contributed by atoms with E-state index in [9.17, 15) is 9.90 Å². The first-order valence-corrected chi connectivity index (χ1v) is 10.5. The number of pyridine rings is 1. The molecular weight excluding hydrogens is 448 g/mol. The number of halogens is 1. The number of benzene rings is 1. The second kappa shape index (κ2) is 8.85. The highest BCUT2D eigenvalue weighted by atomic mass is 79.9. The number of rotatable bonds is 5. The predicted molar refractivity (Wildman–Crippen MR) is 122 cm³/mol. The van der Waals surface area contributed by atoms with Crippen molar-refractivity contribution in [3.05, 3.63) is 63.6 Å². The van der Waals surface area contributed by atoms with Crippen LogP contribution in [0.5, 0.6) is 0 Å². The molecule has 0 unspecified atom stereocenters. The summed E-state index contributed by atoms with van der Waals surface area (Å²) in [7, 11) is 1.70. The summed E-state index contributed by atoms with van der Waals surface area (Å²) in [6.45, 7) is 1.72. The van der Waals surface area contributed by atoms with Crippen LogP contribution >= 0.6 is 15.9 Å². The molecule has 8 nitrogen and oxygen atoms in total. The maximum Gasteiger partial charge on any atom is 0.274 e. The molecule has 30 heavy (non-hydrogen) atoms. The summed E-state index contributed by atoms with van der Waals surface area (Å²) in [4.78, 5) is 23.3. The van der Waals surface area contributed by atoms with Crippen LogP contribution in [0.2, 0.25) is 0 Å². The number of aliphatic hydroxyl groups is 1. The molecule has 0 amide bonds. The average molecular weight is 471 g/mol. The first-order chi connectivity index (χ1) is 14.5. The average Bonchev–Trinajstić information content (AvgIpc) is 2.75. The number of hydrogen-bond acceptors (Lipinski definition) is 7. The molecule has 0 spiro atoms. The zero-order valence-electron chi connectivity index (χ0n) is 16.5. The third-order valence-corrected chi connectivity index (χ3v) is 5.65. The Morgan fingerprint density at radius 2 is 1.87 bits per heavy atom. The van der Waals surface area contributed by atoms with E-state index in [1.807, 2.05) is 24.3 Å². The van der Waals surface area contributed by atoms with E-state index in [1.54, 1.807) is 31.6 Å². The molecule has 3 heterocycles. The van der Waals surface area contributed by atoms with E-state index >= 15 is 0 Å². The summed E-state index contributed by atoms with van der Waals surface area (Å²) in [5.74, 6) is 0.918. The highest BCUT2D eigenvalue weighted by Crippen LogP contribution is 2.26. The van der Waals surface area contributed by atoms with Gasteiger partial charge < -0.3 is 25.2 Å². The molecule has 0 saturated carbocycles. The zero-order chi connectivity index (χ0) is 21.1. The first-order valence-electron chi connectivity index (χ1n) is 9.75. The standard InChI is InChI=1S/C21H23BrN6O2/c1-27-10-2-3-18(20(27)30)25-19-17(22)13-23-21(26-19)24-14-4-6-15(7-5-14)28-11-8-16(29)9-12-28/h2-7,10,13,16,29H,8-9,11-12H2,1H3,(H2,23,24,25,26). The molecular formula is C21H23BrN6O2. The van der Waals surface area contributed by atoms with E-state index in [0.29, 0.717) is 21.9 Å². The Kier molecular flexibility index (Phi) is 6.01. The van der Waals surface area contributed by atoms with Crippen molar-refractivity contribution < 1.29 is 5.11 Å². The van der Waals surface area contributed by atoms with Crippen LogP contribution in [-0.4, -0.2) is 38.8 Å². The lowest BCUT2D eigenvalue weighted by Crippen LogP contribution is -2.35. The lowest BCUT2D eigenvalue weighted by Gasteiger charge is -2.31. The Bertz CT molecular complexity index is 1080. The Balaban J connectivity index is 1.48. The van der Waals surface area contributed by atoms with Gasteiger partial charge in [0, 0.05) is 43.9 Å². The summed E-state index contributed by atoms with van der Waals surface area (Å²) in [6.07, 6.45) is 4.75. The Hall–Kier alpha value is -2.91. The number of nitrogens with zero attached hydrogens (tertiary/aromatic N) is 4. The van der Waals surface area contributed by atoms with E-state index in [2.05, 4.69) is 41.4 Å². The predicted octanol–water partition coefficient (Wildman–Crippen LogP) is 3.39. The van der Waals surface area contributed by atoms with Crippen LogP contribution in [0.1, 0.15) is 12.8 Å². The molecule has 2 aromatic heterocycles. The topological polar surface area (TPSA) is 95.3 Å². The molecule has 0 aliphatic carbocycles. The Morgan fingerprint density at radius 1 is 1.13 bits per heavy atom. The van der Waals surface area contributed by atoms with Crippen molar-refractivity contribution in [2.75, 3.05) is 28.6 Å². The second-order valence-electron chi connectivity index (χ2n) is 7.24. The Morgan fingerprint density at radius 3 is 2.60 bits per heavy atom. The molecule has 4 rings (SSSR count). The molecule has 1 aromatic carbocycles. The minimum Gasteiger partial charge on any atom is -0.393 e. The first kappa shape index (κ1) is 20.4. The summed E-state index contributed by atoms with van der Waals surface area (Å²) >= 11 is 3.43. The molecule has 1 aliphatic heterocycles. The molecule has 1 fully saturated rings. The monoisotopic (exact) mass is 470 g/mol. The minimum atomic E-state index is -0.185. The van der Waals surface area contributed by atoms with Crippen LogP contribution in [0, 0.1) is 0 Å². The van der Waals surface area contributed by atoms with E-state index in [1.165, 1.54) is 4.57 Å². The highest BCUT2D eigenvalue weighted by molar-refractivity contribution is 9.10. The second-order valence-corrected chi connectivity index (χ2v) is 8.10. The molecule has 3 aromatic rings. The van der Waals surface area contributed by atoms with E-state index in [0.717, 1.165) is 37.3 Å². The van der Waals surface area contributed by atoms with E-state index in [-0.39, 0.29) is 11.7 Å². The third kappa shape index (κ3) is 4.63. The van der Waals surface area contributed by atoms with Gasteiger partial charge in [0.25, 0.3) is 5.56 Å². The van der Waals surface area contributed by atoms with Crippen LogP contribution in [0.3, 0.4) is 0 Å². The van der Waals surface area contributed by atoms with Crippen molar-refractivity contribution in [1.29, 1.82) is 0 Å². The van der Waals surface area contributed by atoms with Gasteiger partial charge in [0.2, 0.25) is 5.95 Å². The summed E-state index contributed by atoms with van der Waals surface area (Å²) in [6, 6.07) is 11.6. The van der Waals surface area contributed by atoms with E-state index in [4.69, 9.17) is 0 Å². The zero-order valence-corrected chi connectivity index (χ0v) is 18.1. The largest absolute Gasteiger partial charge is 0.393 e. The van der Waals surface area contributed by atoms with Gasteiger partial charge in [0.1, 0.15) is 5.69 Å². The summed E-state index contributed by atoms with van der Waals surface area (Å²) in [5.41, 5.74) is 2.28. The normalized spacial score (nSPS) is 14.6. The van der Waals surface area contributed by atoms with Gasteiger partial charge in [-0.05, 0) is 65.2 Å². The smallest absolute Gasteiger partial charge is 0.274 e. The maximum atomic E-state index is 12.2. The van der Waals surface area contributed by atoms with Gasteiger partial charge in [-0.25, -0.2) is 4.98 Å². The van der Waals surface area contributed by atoms with Gasteiger partial charge in [0.15, 0.2) is 5.82 Å². The number of aromatic nitrogens is 3. The fraction of sp³-hybridized carbons (Fsp3) is 0.286. The molecule has 0 bridgehead atoms. The fourth-order valence-electron chi connectivity index (χ4n) is 3.34. The van der Waals surface area contributed by atoms with Crippen molar-refractivity contribution in [3.63, 3.8) is 0 Å². The van der Waals surface area contributed by atoms with Crippen LogP contribution in [0.25, 0.3) is 0 Å². The summed E-state index contributed by atoms with van der Waals surface area (Å²) in [5, 5.41) is 15.9.